The number of esters is 1. The van der Waals surface area contributed by atoms with Crippen LogP contribution in [0.2, 0.25) is 0 Å². The maximum atomic E-state index is 11.2. The van der Waals surface area contributed by atoms with Gasteiger partial charge in [-0.15, -0.1) is 0 Å². The van der Waals surface area contributed by atoms with Crippen LogP contribution in [0.25, 0.3) is 0 Å². The standard InChI is InChI=1S/C9H16N4O2/c1-4-15-9(14)7(2)10-5-8-11-6-13(3)12-8/h6-7,10H,4-5H2,1-3H3. The van der Waals surface area contributed by atoms with Gasteiger partial charge < -0.3 is 4.74 Å². The molecule has 0 aliphatic carbocycles. The molecule has 0 aliphatic heterocycles. The van der Waals surface area contributed by atoms with Crippen molar-refractivity contribution in [2.45, 2.75) is 26.4 Å². The Hall–Kier alpha value is -1.43. The summed E-state index contributed by atoms with van der Waals surface area (Å²) in [6.45, 7) is 4.39. The number of ether oxygens (including phenoxy) is 1. The van der Waals surface area contributed by atoms with Crippen LogP contribution in [0.1, 0.15) is 19.7 Å². The van der Waals surface area contributed by atoms with Crippen LogP contribution in [0.5, 0.6) is 0 Å². The fraction of sp³-hybridized carbons (Fsp3) is 0.667. The number of carbonyl (C=O) groups excluding carboxylic acids is 1. The molecular weight excluding hydrogens is 196 g/mol. The topological polar surface area (TPSA) is 69.0 Å². The van der Waals surface area contributed by atoms with Gasteiger partial charge in [-0.3, -0.25) is 14.8 Å². The zero-order valence-corrected chi connectivity index (χ0v) is 9.23. The van der Waals surface area contributed by atoms with E-state index in [4.69, 9.17) is 4.74 Å². The maximum Gasteiger partial charge on any atom is 0.322 e. The van der Waals surface area contributed by atoms with Crippen molar-refractivity contribution in [3.8, 4) is 0 Å². The predicted molar refractivity (Wildman–Crippen MR) is 53.9 cm³/mol. The van der Waals surface area contributed by atoms with Crippen LogP contribution in [0, 0.1) is 0 Å². The summed E-state index contributed by atoms with van der Waals surface area (Å²) in [5.41, 5.74) is 0. The molecule has 1 heterocycles. The molecule has 1 N–H and O–H groups in total. The number of carbonyl (C=O) groups is 1. The highest BCUT2D eigenvalue weighted by Crippen LogP contribution is 1.92. The van der Waals surface area contributed by atoms with E-state index in [2.05, 4.69) is 15.4 Å². The van der Waals surface area contributed by atoms with E-state index in [1.165, 1.54) is 0 Å². The Kier molecular flexibility index (Phi) is 4.23. The molecule has 0 aromatic carbocycles. The third-order valence-corrected chi connectivity index (χ3v) is 1.85. The Balaban J connectivity index is 2.33. The van der Waals surface area contributed by atoms with Crippen molar-refractivity contribution in [1.29, 1.82) is 0 Å². The van der Waals surface area contributed by atoms with Crippen LogP contribution < -0.4 is 5.32 Å². The van der Waals surface area contributed by atoms with E-state index in [1.807, 2.05) is 0 Å². The molecule has 0 radical (unpaired) electrons. The van der Waals surface area contributed by atoms with E-state index in [-0.39, 0.29) is 12.0 Å². The van der Waals surface area contributed by atoms with Crippen molar-refractivity contribution < 1.29 is 9.53 Å². The molecule has 1 rings (SSSR count). The van der Waals surface area contributed by atoms with Gasteiger partial charge in [0.1, 0.15) is 12.4 Å². The fourth-order valence-electron chi connectivity index (χ4n) is 1.06. The minimum atomic E-state index is -0.339. The summed E-state index contributed by atoms with van der Waals surface area (Å²) >= 11 is 0. The summed E-state index contributed by atoms with van der Waals surface area (Å²) in [4.78, 5) is 15.3. The minimum absolute atomic E-state index is 0.256. The molecule has 1 unspecified atom stereocenters. The molecule has 84 valence electrons. The summed E-state index contributed by atoms with van der Waals surface area (Å²) < 4.78 is 6.47. The van der Waals surface area contributed by atoms with Crippen LogP contribution in [-0.4, -0.2) is 33.4 Å². The van der Waals surface area contributed by atoms with E-state index < -0.39 is 0 Å². The molecule has 6 nitrogen and oxygen atoms in total. The van der Waals surface area contributed by atoms with Gasteiger partial charge in [-0.25, -0.2) is 4.98 Å². The summed E-state index contributed by atoms with van der Waals surface area (Å²) in [5, 5.41) is 7.06. The quantitative estimate of drug-likeness (QED) is 0.688. The first-order valence-electron chi connectivity index (χ1n) is 4.88. The molecule has 1 aromatic rings. The van der Waals surface area contributed by atoms with Crippen LogP contribution in [0.15, 0.2) is 6.33 Å². The van der Waals surface area contributed by atoms with Gasteiger partial charge in [0.2, 0.25) is 0 Å². The lowest BCUT2D eigenvalue weighted by Gasteiger charge is -2.10. The van der Waals surface area contributed by atoms with Crippen molar-refractivity contribution in [1.82, 2.24) is 20.1 Å². The maximum absolute atomic E-state index is 11.2. The van der Waals surface area contributed by atoms with E-state index in [9.17, 15) is 4.79 Å². The Morgan fingerprint density at radius 3 is 3.00 bits per heavy atom. The number of hydrogen-bond donors (Lipinski definition) is 1. The van der Waals surface area contributed by atoms with Gasteiger partial charge >= 0.3 is 5.97 Å². The minimum Gasteiger partial charge on any atom is -0.465 e. The van der Waals surface area contributed by atoms with E-state index >= 15 is 0 Å². The molecule has 15 heavy (non-hydrogen) atoms. The third-order valence-electron chi connectivity index (χ3n) is 1.85. The van der Waals surface area contributed by atoms with Gasteiger partial charge in [-0.1, -0.05) is 0 Å². The predicted octanol–water partition coefficient (Wildman–Crippen LogP) is -0.144. The molecule has 0 aliphatic rings. The number of nitrogens with zero attached hydrogens (tertiary/aromatic N) is 3. The molecule has 0 amide bonds. The van der Waals surface area contributed by atoms with Crippen molar-refractivity contribution in [3.05, 3.63) is 12.2 Å². The number of hydrogen-bond acceptors (Lipinski definition) is 5. The first-order valence-corrected chi connectivity index (χ1v) is 4.88. The molecule has 1 aromatic heterocycles. The lowest BCUT2D eigenvalue weighted by molar-refractivity contribution is -0.145. The zero-order chi connectivity index (χ0) is 11.3. The normalized spacial score (nSPS) is 12.5. The average Bonchev–Trinajstić information content (AvgIpc) is 2.61. The Morgan fingerprint density at radius 1 is 1.73 bits per heavy atom. The third kappa shape index (κ3) is 3.67. The van der Waals surface area contributed by atoms with Crippen molar-refractivity contribution in [2.24, 2.45) is 7.05 Å². The second kappa shape index (κ2) is 5.45. The van der Waals surface area contributed by atoms with Crippen LogP contribution in [0.4, 0.5) is 0 Å². The molecule has 1 atom stereocenters. The van der Waals surface area contributed by atoms with Crippen LogP contribution in [0.3, 0.4) is 0 Å². The van der Waals surface area contributed by atoms with Gasteiger partial charge in [0, 0.05) is 7.05 Å². The van der Waals surface area contributed by atoms with E-state index in [0.29, 0.717) is 19.0 Å². The molecule has 0 spiro atoms. The first-order chi connectivity index (χ1) is 7.13. The largest absolute Gasteiger partial charge is 0.465 e. The van der Waals surface area contributed by atoms with Crippen LogP contribution >= 0.6 is 0 Å². The van der Waals surface area contributed by atoms with Gasteiger partial charge in [0.05, 0.1) is 13.2 Å². The SMILES string of the molecule is CCOC(=O)C(C)NCc1ncn(C)n1. The van der Waals surface area contributed by atoms with Gasteiger partial charge in [0.15, 0.2) is 5.82 Å². The molecule has 0 saturated carbocycles. The number of aryl methyl sites for hydroxylation is 1. The highest BCUT2D eigenvalue weighted by molar-refractivity contribution is 5.75. The molecule has 0 bridgehead atoms. The molecule has 6 heteroatoms. The number of rotatable bonds is 5. The van der Waals surface area contributed by atoms with E-state index in [0.717, 1.165) is 0 Å². The second-order valence-electron chi connectivity index (χ2n) is 3.19. The van der Waals surface area contributed by atoms with Crippen molar-refractivity contribution >= 4 is 5.97 Å². The molecule has 0 saturated heterocycles. The summed E-state index contributed by atoms with van der Waals surface area (Å²) in [6.07, 6.45) is 1.62. The van der Waals surface area contributed by atoms with Gasteiger partial charge in [-0.2, -0.15) is 5.10 Å². The highest BCUT2D eigenvalue weighted by Gasteiger charge is 2.13. The zero-order valence-electron chi connectivity index (χ0n) is 9.23. The Bertz CT molecular complexity index is 324. The number of nitrogens with one attached hydrogen (secondary N) is 1. The Morgan fingerprint density at radius 2 is 2.47 bits per heavy atom. The summed E-state index contributed by atoms with van der Waals surface area (Å²) in [7, 11) is 1.80. The Labute approximate surface area is 88.6 Å². The highest BCUT2D eigenvalue weighted by atomic mass is 16.5. The lowest BCUT2D eigenvalue weighted by Crippen LogP contribution is -2.35. The smallest absolute Gasteiger partial charge is 0.322 e. The number of aromatic nitrogens is 3. The van der Waals surface area contributed by atoms with Crippen LogP contribution in [-0.2, 0) is 23.1 Å². The van der Waals surface area contributed by atoms with E-state index in [1.54, 1.807) is 31.9 Å². The average molecular weight is 212 g/mol. The van der Waals surface area contributed by atoms with Crippen molar-refractivity contribution in [3.63, 3.8) is 0 Å². The monoisotopic (exact) mass is 212 g/mol. The van der Waals surface area contributed by atoms with Gasteiger partial charge in [-0.05, 0) is 13.8 Å². The molecular formula is C9H16N4O2. The summed E-state index contributed by atoms with van der Waals surface area (Å²) in [6, 6.07) is -0.339. The van der Waals surface area contributed by atoms with Gasteiger partial charge in [0.25, 0.3) is 0 Å². The second-order valence-corrected chi connectivity index (χ2v) is 3.19. The van der Waals surface area contributed by atoms with Crippen molar-refractivity contribution in [2.75, 3.05) is 6.61 Å². The first kappa shape index (κ1) is 11.6. The lowest BCUT2D eigenvalue weighted by atomic mass is 10.3. The fourth-order valence-corrected chi connectivity index (χ4v) is 1.06. The summed E-state index contributed by atoms with van der Waals surface area (Å²) in [5.74, 6) is 0.405. The molecule has 0 fully saturated rings.